The highest BCUT2D eigenvalue weighted by Crippen LogP contribution is 2.27. The first-order valence-corrected chi connectivity index (χ1v) is 6.24. The second-order valence-corrected chi connectivity index (χ2v) is 5.73. The molecule has 0 bridgehead atoms. The first-order chi connectivity index (χ1) is 7.25. The lowest BCUT2D eigenvalue weighted by molar-refractivity contribution is 0.406. The van der Waals surface area contributed by atoms with Crippen LogP contribution in [0, 0.1) is 0 Å². The van der Waals surface area contributed by atoms with Crippen LogP contribution in [0.2, 0.25) is 0 Å². The van der Waals surface area contributed by atoms with E-state index >= 15 is 0 Å². The molecule has 1 N–H and O–H groups in total. The molecule has 0 amide bonds. The molecule has 1 unspecified atom stereocenters. The minimum absolute atomic E-state index is 0.331. The van der Waals surface area contributed by atoms with E-state index in [-0.39, 0.29) is 0 Å². The lowest BCUT2D eigenvalue weighted by Crippen LogP contribution is -2.17. The third kappa shape index (κ3) is 2.90. The van der Waals surface area contributed by atoms with Crippen molar-refractivity contribution < 1.29 is 4.52 Å². The lowest BCUT2D eigenvalue weighted by Gasteiger charge is -2.09. The lowest BCUT2D eigenvalue weighted by atomic mass is 10.2. The predicted molar refractivity (Wildman–Crippen MR) is 63.8 cm³/mol. The molecule has 0 aliphatic heterocycles. The van der Waals surface area contributed by atoms with Gasteiger partial charge in [-0.2, -0.15) is 0 Å². The third-order valence-electron chi connectivity index (χ3n) is 2.10. The molecule has 0 saturated heterocycles. The van der Waals surface area contributed by atoms with Crippen molar-refractivity contribution in [3.63, 3.8) is 0 Å². The van der Waals surface area contributed by atoms with Crippen LogP contribution in [0.4, 0.5) is 0 Å². The minimum Gasteiger partial charge on any atom is -0.364 e. The van der Waals surface area contributed by atoms with E-state index in [9.17, 15) is 0 Å². The summed E-state index contributed by atoms with van der Waals surface area (Å²) in [6, 6.07) is 6.38. The van der Waals surface area contributed by atoms with Crippen molar-refractivity contribution in [3.05, 3.63) is 38.8 Å². The van der Waals surface area contributed by atoms with Gasteiger partial charge in [-0.15, -0.1) is 11.3 Å². The molecule has 2 aromatic heterocycles. The normalized spacial score (nSPS) is 12.9. The van der Waals surface area contributed by atoms with Crippen LogP contribution in [0.3, 0.4) is 0 Å². The van der Waals surface area contributed by atoms with Crippen molar-refractivity contribution in [2.75, 3.05) is 0 Å². The summed E-state index contributed by atoms with van der Waals surface area (Å²) in [5.74, 6) is 0. The molecule has 0 spiro atoms. The fourth-order valence-corrected chi connectivity index (χ4v) is 2.70. The molecule has 5 heteroatoms. The summed E-state index contributed by atoms with van der Waals surface area (Å²) < 4.78 is 5.92. The van der Waals surface area contributed by atoms with Crippen molar-refractivity contribution in [2.24, 2.45) is 0 Å². The van der Waals surface area contributed by atoms with Crippen LogP contribution >= 0.6 is 27.3 Å². The Morgan fingerprint density at radius 2 is 2.40 bits per heavy atom. The van der Waals surface area contributed by atoms with Gasteiger partial charge >= 0.3 is 0 Å². The fraction of sp³-hybridized carbons (Fsp3) is 0.300. The molecule has 80 valence electrons. The van der Waals surface area contributed by atoms with Gasteiger partial charge in [0.1, 0.15) is 6.26 Å². The molecular formula is C10H11BrN2OS. The second-order valence-electron chi connectivity index (χ2n) is 3.24. The number of nitrogens with one attached hydrogen (secondary N) is 1. The molecule has 3 nitrogen and oxygen atoms in total. The van der Waals surface area contributed by atoms with Crippen molar-refractivity contribution in [2.45, 2.75) is 19.5 Å². The number of hydrogen-bond acceptors (Lipinski definition) is 4. The van der Waals surface area contributed by atoms with E-state index in [2.05, 4.69) is 45.5 Å². The van der Waals surface area contributed by atoms with Crippen molar-refractivity contribution in [1.82, 2.24) is 10.5 Å². The Kier molecular flexibility index (Phi) is 3.56. The molecular weight excluding hydrogens is 276 g/mol. The Labute approximate surface area is 101 Å². The summed E-state index contributed by atoms with van der Waals surface area (Å²) in [5.41, 5.74) is 0.928. The van der Waals surface area contributed by atoms with Gasteiger partial charge in [0.2, 0.25) is 0 Å². The van der Waals surface area contributed by atoms with Gasteiger partial charge in [0, 0.05) is 23.5 Å². The number of rotatable bonds is 4. The zero-order valence-corrected chi connectivity index (χ0v) is 10.6. The van der Waals surface area contributed by atoms with E-state index < -0.39 is 0 Å². The van der Waals surface area contributed by atoms with Gasteiger partial charge in [0.15, 0.2) is 0 Å². The largest absolute Gasteiger partial charge is 0.364 e. The first-order valence-electron chi connectivity index (χ1n) is 4.63. The number of thiophene rings is 1. The molecule has 0 saturated carbocycles. The summed E-state index contributed by atoms with van der Waals surface area (Å²) in [4.78, 5) is 1.31. The van der Waals surface area contributed by atoms with Crippen molar-refractivity contribution in [1.29, 1.82) is 0 Å². The number of nitrogens with zero attached hydrogens (tertiary/aromatic N) is 1. The summed E-state index contributed by atoms with van der Waals surface area (Å²) in [6.07, 6.45) is 1.59. The van der Waals surface area contributed by atoms with Gasteiger partial charge in [0.25, 0.3) is 0 Å². The Morgan fingerprint density at radius 1 is 1.53 bits per heavy atom. The number of aromatic nitrogens is 1. The van der Waals surface area contributed by atoms with Crippen LogP contribution < -0.4 is 5.32 Å². The monoisotopic (exact) mass is 286 g/mol. The van der Waals surface area contributed by atoms with Gasteiger partial charge in [-0.3, -0.25) is 0 Å². The van der Waals surface area contributed by atoms with Crippen molar-refractivity contribution >= 4 is 27.3 Å². The number of hydrogen-bond donors (Lipinski definition) is 1. The minimum atomic E-state index is 0.331. The van der Waals surface area contributed by atoms with E-state index in [1.807, 2.05) is 6.07 Å². The third-order valence-corrected chi connectivity index (χ3v) is 3.91. The zero-order chi connectivity index (χ0) is 10.7. The summed E-state index contributed by atoms with van der Waals surface area (Å²) >= 11 is 5.20. The predicted octanol–water partition coefficient (Wildman–Crippen LogP) is 3.35. The van der Waals surface area contributed by atoms with Gasteiger partial charge < -0.3 is 9.84 Å². The van der Waals surface area contributed by atoms with Crippen LogP contribution in [0.1, 0.15) is 23.5 Å². The molecule has 1 atom stereocenters. The molecule has 2 heterocycles. The SMILES string of the molecule is CC(NCc1ccon1)c1ccc(Br)s1. The van der Waals surface area contributed by atoms with Gasteiger partial charge in [-0.25, -0.2) is 0 Å². The first kappa shape index (κ1) is 10.9. The topological polar surface area (TPSA) is 38.1 Å². The number of halogens is 1. The maximum atomic E-state index is 4.76. The summed E-state index contributed by atoms with van der Waals surface area (Å²) in [6.45, 7) is 2.87. The van der Waals surface area contributed by atoms with Crippen LogP contribution in [0.25, 0.3) is 0 Å². The molecule has 0 aliphatic carbocycles. The summed E-state index contributed by atoms with van der Waals surface area (Å²) in [5, 5.41) is 7.23. The highest BCUT2D eigenvalue weighted by molar-refractivity contribution is 9.11. The molecule has 0 radical (unpaired) electrons. The average molecular weight is 287 g/mol. The standard InChI is InChI=1S/C10H11BrN2OS/c1-7(9-2-3-10(11)15-9)12-6-8-4-5-14-13-8/h2-5,7,12H,6H2,1H3. The smallest absolute Gasteiger partial charge is 0.124 e. The van der Waals surface area contributed by atoms with Gasteiger partial charge in [-0.05, 0) is 35.0 Å². The van der Waals surface area contributed by atoms with E-state index in [0.717, 1.165) is 16.0 Å². The average Bonchev–Trinajstić information content (AvgIpc) is 2.84. The molecule has 0 aromatic carbocycles. The van der Waals surface area contributed by atoms with E-state index in [1.165, 1.54) is 4.88 Å². The molecule has 2 aromatic rings. The van der Waals surface area contributed by atoms with Crippen LogP contribution in [0.15, 0.2) is 32.8 Å². The van der Waals surface area contributed by atoms with E-state index in [1.54, 1.807) is 17.6 Å². The molecule has 15 heavy (non-hydrogen) atoms. The van der Waals surface area contributed by atoms with Crippen LogP contribution in [-0.2, 0) is 6.54 Å². The van der Waals surface area contributed by atoms with Crippen LogP contribution in [-0.4, -0.2) is 5.16 Å². The Bertz CT molecular complexity index is 413. The quantitative estimate of drug-likeness (QED) is 0.937. The van der Waals surface area contributed by atoms with E-state index in [4.69, 9.17) is 4.52 Å². The maximum Gasteiger partial charge on any atom is 0.124 e. The van der Waals surface area contributed by atoms with E-state index in [0.29, 0.717) is 6.04 Å². The van der Waals surface area contributed by atoms with Gasteiger partial charge in [0.05, 0.1) is 9.48 Å². The Hall–Kier alpha value is -0.650. The second kappa shape index (κ2) is 4.92. The summed E-state index contributed by atoms with van der Waals surface area (Å²) in [7, 11) is 0. The molecule has 2 rings (SSSR count). The fourth-order valence-electron chi connectivity index (χ4n) is 1.25. The molecule has 0 fully saturated rings. The maximum absolute atomic E-state index is 4.76. The van der Waals surface area contributed by atoms with Crippen molar-refractivity contribution in [3.8, 4) is 0 Å². The highest BCUT2D eigenvalue weighted by atomic mass is 79.9. The zero-order valence-electron chi connectivity index (χ0n) is 8.24. The Morgan fingerprint density at radius 3 is 3.00 bits per heavy atom. The highest BCUT2D eigenvalue weighted by Gasteiger charge is 2.07. The Balaban J connectivity index is 1.90. The van der Waals surface area contributed by atoms with Crippen LogP contribution in [0.5, 0.6) is 0 Å². The van der Waals surface area contributed by atoms with Gasteiger partial charge in [-0.1, -0.05) is 5.16 Å². The molecule has 0 aliphatic rings.